The molecule has 0 fully saturated rings. The number of benzene rings is 2. The Morgan fingerprint density at radius 3 is 2.42 bits per heavy atom. The van der Waals surface area contributed by atoms with Crippen LogP contribution in [0.4, 0.5) is 19.0 Å². The van der Waals surface area contributed by atoms with Crippen LogP contribution in [-0.2, 0) is 6.18 Å². The van der Waals surface area contributed by atoms with Crippen LogP contribution in [0.2, 0.25) is 0 Å². The quantitative estimate of drug-likeness (QED) is 0.490. The number of hydrogen-bond acceptors (Lipinski definition) is 6. The maximum absolute atomic E-state index is 13.1. The fourth-order valence-electron chi connectivity index (χ4n) is 3.49. The van der Waals surface area contributed by atoms with E-state index in [9.17, 15) is 13.2 Å². The van der Waals surface area contributed by atoms with Gasteiger partial charge in [0.2, 0.25) is 0 Å². The molecule has 7 nitrogen and oxygen atoms in total. The number of rotatable bonds is 5. The third-order valence-electron chi connectivity index (χ3n) is 5.08. The standard InChI is InChI=1S/C21H20F3N5O2/c1-11(13-6-5-7-14(8-13)21(22,23)24)25-19-15-9-17(30-3)18(31-4)10-16(15)29-12(2)27-28-20(29)26-19/h5-11H,1-4H3,(H,25,26,28)/t11-/m1/s1. The lowest BCUT2D eigenvalue weighted by molar-refractivity contribution is -0.137. The average molecular weight is 431 g/mol. The highest BCUT2D eigenvalue weighted by Crippen LogP contribution is 2.37. The van der Waals surface area contributed by atoms with Crippen LogP contribution in [0.3, 0.4) is 0 Å². The normalized spacial score (nSPS) is 12.9. The molecule has 0 amide bonds. The van der Waals surface area contributed by atoms with Gasteiger partial charge in [0.05, 0.1) is 25.3 Å². The van der Waals surface area contributed by atoms with E-state index >= 15 is 0 Å². The third kappa shape index (κ3) is 3.69. The van der Waals surface area contributed by atoms with Crippen molar-refractivity contribution in [3.63, 3.8) is 0 Å². The molecule has 2 aromatic heterocycles. The topological polar surface area (TPSA) is 73.6 Å². The van der Waals surface area contributed by atoms with Crippen molar-refractivity contribution in [2.45, 2.75) is 26.1 Å². The molecule has 0 unspecified atom stereocenters. The monoisotopic (exact) mass is 431 g/mol. The Bertz CT molecular complexity index is 1270. The van der Waals surface area contributed by atoms with Crippen molar-refractivity contribution in [3.8, 4) is 11.5 Å². The number of nitrogens with zero attached hydrogens (tertiary/aromatic N) is 4. The maximum Gasteiger partial charge on any atom is 0.416 e. The molecule has 0 saturated carbocycles. The highest BCUT2D eigenvalue weighted by atomic mass is 19.4. The van der Waals surface area contributed by atoms with Crippen molar-refractivity contribution >= 4 is 22.5 Å². The van der Waals surface area contributed by atoms with Gasteiger partial charge in [-0.25, -0.2) is 0 Å². The molecule has 0 aliphatic heterocycles. The van der Waals surface area contributed by atoms with Crippen LogP contribution in [0, 0.1) is 6.92 Å². The van der Waals surface area contributed by atoms with Crippen molar-refractivity contribution in [1.29, 1.82) is 0 Å². The summed E-state index contributed by atoms with van der Waals surface area (Å²) in [5.41, 5.74) is 0.498. The highest BCUT2D eigenvalue weighted by Gasteiger charge is 2.30. The summed E-state index contributed by atoms with van der Waals surface area (Å²) in [5, 5.41) is 12.1. The van der Waals surface area contributed by atoms with Gasteiger partial charge in [-0.3, -0.25) is 4.40 Å². The first-order chi connectivity index (χ1) is 14.7. The molecular formula is C21H20F3N5O2. The predicted molar refractivity (Wildman–Crippen MR) is 110 cm³/mol. The molecule has 4 rings (SSSR count). The first kappa shape index (κ1) is 20.7. The van der Waals surface area contributed by atoms with Crippen LogP contribution in [0.25, 0.3) is 16.7 Å². The summed E-state index contributed by atoms with van der Waals surface area (Å²) in [6.07, 6.45) is -4.41. The van der Waals surface area contributed by atoms with E-state index in [0.29, 0.717) is 39.9 Å². The number of hydrogen-bond donors (Lipinski definition) is 1. The van der Waals surface area contributed by atoms with Crippen LogP contribution in [-0.4, -0.2) is 33.8 Å². The minimum absolute atomic E-state index is 0.357. The molecule has 4 aromatic rings. The fraction of sp³-hybridized carbons (Fsp3) is 0.286. The second-order valence-electron chi connectivity index (χ2n) is 7.06. The second-order valence-corrected chi connectivity index (χ2v) is 7.06. The molecular weight excluding hydrogens is 411 g/mol. The molecule has 1 N–H and O–H groups in total. The summed E-state index contributed by atoms with van der Waals surface area (Å²) in [4.78, 5) is 4.55. The van der Waals surface area contributed by atoms with E-state index in [2.05, 4.69) is 20.5 Å². The summed E-state index contributed by atoms with van der Waals surface area (Å²) in [5.74, 6) is 2.46. The molecule has 10 heteroatoms. The van der Waals surface area contributed by atoms with E-state index < -0.39 is 17.8 Å². The fourth-order valence-corrected chi connectivity index (χ4v) is 3.49. The zero-order valence-electron chi connectivity index (χ0n) is 17.3. The molecule has 31 heavy (non-hydrogen) atoms. The van der Waals surface area contributed by atoms with Gasteiger partial charge in [0.1, 0.15) is 11.6 Å². The molecule has 0 saturated heterocycles. The summed E-state index contributed by atoms with van der Waals surface area (Å²) < 4.78 is 52.0. The van der Waals surface area contributed by atoms with E-state index in [1.54, 1.807) is 36.4 Å². The lowest BCUT2D eigenvalue weighted by atomic mass is 10.0. The summed E-state index contributed by atoms with van der Waals surface area (Å²) >= 11 is 0. The van der Waals surface area contributed by atoms with Gasteiger partial charge in [0, 0.05) is 17.5 Å². The number of alkyl halides is 3. The first-order valence-corrected chi connectivity index (χ1v) is 9.44. The molecule has 0 aliphatic rings. The Hall–Kier alpha value is -3.56. The minimum Gasteiger partial charge on any atom is -0.493 e. The summed E-state index contributed by atoms with van der Waals surface area (Å²) in [6, 6.07) is 8.30. The van der Waals surface area contributed by atoms with Gasteiger partial charge in [-0.1, -0.05) is 12.1 Å². The van der Waals surface area contributed by atoms with Crippen LogP contribution in [0.5, 0.6) is 11.5 Å². The Morgan fingerprint density at radius 2 is 1.74 bits per heavy atom. The van der Waals surface area contributed by atoms with Gasteiger partial charge in [-0.05, 0) is 37.6 Å². The number of anilines is 1. The van der Waals surface area contributed by atoms with E-state index in [0.717, 1.165) is 17.6 Å². The van der Waals surface area contributed by atoms with Gasteiger partial charge < -0.3 is 14.8 Å². The Kier molecular flexibility index (Phi) is 5.08. The van der Waals surface area contributed by atoms with Crippen molar-refractivity contribution in [1.82, 2.24) is 19.6 Å². The van der Waals surface area contributed by atoms with Gasteiger partial charge in [0.15, 0.2) is 11.5 Å². The summed E-state index contributed by atoms with van der Waals surface area (Å²) in [7, 11) is 3.06. The number of aryl methyl sites for hydroxylation is 1. The second kappa shape index (κ2) is 7.60. The zero-order valence-corrected chi connectivity index (χ0v) is 17.3. The van der Waals surface area contributed by atoms with Gasteiger partial charge in [0.25, 0.3) is 5.78 Å². The van der Waals surface area contributed by atoms with E-state index in [4.69, 9.17) is 9.47 Å². The van der Waals surface area contributed by atoms with Crippen LogP contribution < -0.4 is 14.8 Å². The molecule has 0 aliphatic carbocycles. The van der Waals surface area contributed by atoms with Crippen molar-refractivity contribution < 1.29 is 22.6 Å². The van der Waals surface area contributed by atoms with Crippen molar-refractivity contribution in [2.75, 3.05) is 19.5 Å². The number of aromatic nitrogens is 4. The lowest BCUT2D eigenvalue weighted by Gasteiger charge is -2.19. The minimum atomic E-state index is -4.41. The molecule has 2 heterocycles. The first-order valence-electron chi connectivity index (χ1n) is 9.44. The van der Waals surface area contributed by atoms with Crippen LogP contribution in [0.15, 0.2) is 36.4 Å². The SMILES string of the molecule is COc1cc2c(N[C@H](C)c3cccc(C(F)(F)F)c3)nc3nnc(C)n3c2cc1OC. The van der Waals surface area contributed by atoms with Crippen LogP contribution in [0.1, 0.15) is 29.9 Å². The lowest BCUT2D eigenvalue weighted by Crippen LogP contribution is -2.12. The number of ether oxygens (including phenoxy) is 2. The highest BCUT2D eigenvalue weighted by molar-refractivity contribution is 5.94. The smallest absolute Gasteiger partial charge is 0.416 e. The molecule has 0 radical (unpaired) electrons. The predicted octanol–water partition coefficient (Wildman–Crippen LogP) is 4.80. The Balaban J connectivity index is 1.85. The van der Waals surface area contributed by atoms with Gasteiger partial charge >= 0.3 is 6.18 Å². The van der Waals surface area contributed by atoms with Gasteiger partial charge in [-0.2, -0.15) is 18.2 Å². The average Bonchev–Trinajstić information content (AvgIpc) is 3.12. The number of methoxy groups -OCH3 is 2. The van der Waals surface area contributed by atoms with Crippen LogP contribution >= 0.6 is 0 Å². The van der Waals surface area contributed by atoms with Crippen molar-refractivity contribution in [2.24, 2.45) is 0 Å². The number of halogens is 3. The molecule has 1 atom stereocenters. The summed E-state index contributed by atoms with van der Waals surface area (Å²) in [6.45, 7) is 3.57. The van der Waals surface area contributed by atoms with Gasteiger partial charge in [-0.15, -0.1) is 10.2 Å². The number of nitrogens with one attached hydrogen (secondary N) is 1. The van der Waals surface area contributed by atoms with Crippen molar-refractivity contribution in [3.05, 3.63) is 53.3 Å². The largest absolute Gasteiger partial charge is 0.493 e. The van der Waals surface area contributed by atoms with E-state index in [-0.39, 0.29) is 0 Å². The Morgan fingerprint density at radius 1 is 1.03 bits per heavy atom. The molecule has 162 valence electrons. The number of fused-ring (bicyclic) bond motifs is 3. The molecule has 0 bridgehead atoms. The Labute approximate surface area is 175 Å². The molecule has 2 aromatic carbocycles. The maximum atomic E-state index is 13.1. The molecule has 0 spiro atoms. The zero-order chi connectivity index (χ0) is 22.3. The van der Waals surface area contributed by atoms with E-state index in [1.165, 1.54) is 20.3 Å². The third-order valence-corrected chi connectivity index (χ3v) is 5.08. The van der Waals surface area contributed by atoms with E-state index in [1.807, 2.05) is 0 Å².